The molecule has 0 aromatic carbocycles. The third-order valence-corrected chi connectivity index (χ3v) is 4.63. The van der Waals surface area contributed by atoms with Gasteiger partial charge in [0.2, 0.25) is 5.91 Å². The van der Waals surface area contributed by atoms with Crippen molar-refractivity contribution in [3.05, 3.63) is 15.9 Å². The highest BCUT2D eigenvalue weighted by Gasteiger charge is 2.52. The van der Waals surface area contributed by atoms with E-state index in [9.17, 15) is 9.59 Å². The van der Waals surface area contributed by atoms with Gasteiger partial charge in [-0.3, -0.25) is 9.59 Å². The Balaban J connectivity index is 2.11. The van der Waals surface area contributed by atoms with Gasteiger partial charge in [0.25, 0.3) is 0 Å². The molecule has 0 bridgehead atoms. The summed E-state index contributed by atoms with van der Waals surface area (Å²) in [5.74, 6) is -0.693. The Morgan fingerprint density at radius 1 is 1.53 bits per heavy atom. The Morgan fingerprint density at radius 3 is 2.65 bits per heavy atom. The number of halogens is 1. The van der Waals surface area contributed by atoms with Crippen LogP contribution in [-0.2, 0) is 14.3 Å². The number of esters is 1. The minimum Gasteiger partial charge on any atom is -0.468 e. The molecule has 0 radical (unpaired) electrons. The van der Waals surface area contributed by atoms with E-state index in [2.05, 4.69) is 21.2 Å². The van der Waals surface area contributed by atoms with Gasteiger partial charge in [0, 0.05) is 9.85 Å². The predicted molar refractivity (Wildman–Crippen MR) is 68.9 cm³/mol. The number of amides is 1. The molecule has 1 heterocycles. The molecule has 0 atom stereocenters. The van der Waals surface area contributed by atoms with Gasteiger partial charge in [0.15, 0.2) is 0 Å². The lowest BCUT2D eigenvalue weighted by atomic mass is 9.68. The summed E-state index contributed by atoms with van der Waals surface area (Å²) in [6.07, 6.45) is 2.02. The van der Waals surface area contributed by atoms with E-state index in [1.807, 2.05) is 11.4 Å². The molecular weight excluding hydrogens is 306 g/mol. The van der Waals surface area contributed by atoms with Crippen molar-refractivity contribution >= 4 is 44.1 Å². The van der Waals surface area contributed by atoms with Crippen molar-refractivity contribution < 1.29 is 14.3 Å². The van der Waals surface area contributed by atoms with Crippen LogP contribution in [-0.4, -0.2) is 19.0 Å². The predicted octanol–water partition coefficient (Wildman–Crippen LogP) is 2.79. The molecule has 1 N–H and O–H groups in total. The van der Waals surface area contributed by atoms with Crippen molar-refractivity contribution in [2.75, 3.05) is 12.4 Å². The molecule has 6 heteroatoms. The maximum atomic E-state index is 12.1. The third kappa shape index (κ3) is 2.24. The molecule has 0 unspecified atom stereocenters. The number of anilines is 1. The zero-order valence-electron chi connectivity index (χ0n) is 9.29. The number of ether oxygens (including phenoxy) is 1. The molecule has 0 aliphatic heterocycles. The van der Waals surface area contributed by atoms with Crippen LogP contribution in [0.3, 0.4) is 0 Å². The van der Waals surface area contributed by atoms with E-state index in [1.165, 1.54) is 18.4 Å². The van der Waals surface area contributed by atoms with Gasteiger partial charge in [0.05, 0.1) is 12.1 Å². The third-order valence-electron chi connectivity index (χ3n) is 3.02. The summed E-state index contributed by atoms with van der Waals surface area (Å²) in [5, 5.41) is 5.38. The van der Waals surface area contributed by atoms with Gasteiger partial charge >= 0.3 is 5.97 Å². The zero-order chi connectivity index (χ0) is 12.5. The molecule has 1 amide bonds. The van der Waals surface area contributed by atoms with Gasteiger partial charge in [-0.05, 0) is 34.8 Å². The minimum absolute atomic E-state index is 0.259. The molecule has 0 saturated heterocycles. The van der Waals surface area contributed by atoms with Gasteiger partial charge in [-0.15, -0.1) is 11.3 Å². The van der Waals surface area contributed by atoms with Gasteiger partial charge in [-0.2, -0.15) is 0 Å². The molecule has 1 saturated carbocycles. The lowest BCUT2D eigenvalue weighted by molar-refractivity contribution is -0.163. The van der Waals surface area contributed by atoms with Crippen molar-refractivity contribution in [1.82, 2.24) is 0 Å². The van der Waals surface area contributed by atoms with Crippen LogP contribution >= 0.6 is 27.3 Å². The van der Waals surface area contributed by atoms with Gasteiger partial charge in [-0.1, -0.05) is 6.42 Å². The molecule has 4 nitrogen and oxygen atoms in total. The van der Waals surface area contributed by atoms with Crippen LogP contribution in [0, 0.1) is 5.41 Å². The summed E-state index contributed by atoms with van der Waals surface area (Å²) in [4.78, 5) is 23.8. The van der Waals surface area contributed by atoms with E-state index < -0.39 is 11.4 Å². The quantitative estimate of drug-likeness (QED) is 0.689. The molecule has 1 aliphatic carbocycles. The number of thiophene rings is 1. The maximum absolute atomic E-state index is 12.1. The smallest absolute Gasteiger partial charge is 0.321 e. The number of hydrogen-bond donors (Lipinski definition) is 1. The van der Waals surface area contributed by atoms with Crippen LogP contribution in [0.15, 0.2) is 15.9 Å². The van der Waals surface area contributed by atoms with E-state index in [4.69, 9.17) is 4.74 Å². The molecule has 17 heavy (non-hydrogen) atoms. The van der Waals surface area contributed by atoms with Gasteiger partial charge < -0.3 is 10.1 Å². The Labute approximate surface area is 111 Å². The summed E-state index contributed by atoms with van der Waals surface area (Å²) in [6, 6.07) is 1.81. The standard InChI is InChI=1S/C11H12BrNO3S/c1-16-10(15)11(3-2-4-11)9(14)13-8-5-7(12)6-17-8/h5-6H,2-4H2,1H3,(H,13,14). The first kappa shape index (κ1) is 12.6. The molecule has 2 rings (SSSR count). The van der Waals surface area contributed by atoms with Crippen LogP contribution in [0.4, 0.5) is 5.00 Å². The van der Waals surface area contributed by atoms with E-state index in [1.54, 1.807) is 0 Å². The average Bonchev–Trinajstić information content (AvgIpc) is 2.62. The summed E-state index contributed by atoms with van der Waals surface area (Å²) in [6.45, 7) is 0. The van der Waals surface area contributed by atoms with Crippen molar-refractivity contribution in [2.24, 2.45) is 5.41 Å². The summed E-state index contributed by atoms with van der Waals surface area (Å²) in [7, 11) is 1.32. The maximum Gasteiger partial charge on any atom is 0.321 e. The first-order chi connectivity index (χ1) is 8.08. The first-order valence-electron chi connectivity index (χ1n) is 5.22. The summed E-state index contributed by atoms with van der Waals surface area (Å²) >= 11 is 4.73. The molecule has 0 spiro atoms. The van der Waals surface area contributed by atoms with E-state index in [0.29, 0.717) is 12.8 Å². The number of rotatable bonds is 3. The SMILES string of the molecule is COC(=O)C1(C(=O)Nc2cc(Br)cs2)CCC1. The van der Waals surface area contributed by atoms with Crippen molar-refractivity contribution in [3.63, 3.8) is 0 Å². The van der Waals surface area contributed by atoms with Crippen LogP contribution < -0.4 is 5.32 Å². The van der Waals surface area contributed by atoms with Gasteiger partial charge in [0.1, 0.15) is 5.41 Å². The highest BCUT2D eigenvalue weighted by molar-refractivity contribution is 9.10. The highest BCUT2D eigenvalue weighted by Crippen LogP contribution is 2.43. The fraction of sp³-hybridized carbons (Fsp3) is 0.455. The second-order valence-electron chi connectivity index (χ2n) is 4.01. The Hall–Kier alpha value is -0.880. The molecule has 92 valence electrons. The van der Waals surface area contributed by atoms with Crippen LogP contribution in [0.2, 0.25) is 0 Å². The second-order valence-corrected chi connectivity index (χ2v) is 5.84. The Morgan fingerprint density at radius 2 is 2.24 bits per heavy atom. The molecule has 1 fully saturated rings. The van der Waals surface area contributed by atoms with Crippen molar-refractivity contribution in [3.8, 4) is 0 Å². The number of carbonyl (C=O) groups is 2. The molecule has 1 aliphatic rings. The highest BCUT2D eigenvalue weighted by atomic mass is 79.9. The van der Waals surface area contributed by atoms with Crippen LogP contribution in [0.25, 0.3) is 0 Å². The average molecular weight is 318 g/mol. The minimum atomic E-state index is -0.967. The normalized spacial score (nSPS) is 17.1. The fourth-order valence-electron chi connectivity index (χ4n) is 1.86. The molecule has 1 aromatic heterocycles. The monoisotopic (exact) mass is 317 g/mol. The number of carbonyl (C=O) groups excluding carboxylic acids is 2. The van der Waals surface area contributed by atoms with E-state index >= 15 is 0 Å². The topological polar surface area (TPSA) is 55.4 Å². The lowest BCUT2D eigenvalue weighted by Gasteiger charge is -2.36. The number of hydrogen-bond acceptors (Lipinski definition) is 4. The van der Waals surface area contributed by atoms with Crippen molar-refractivity contribution in [1.29, 1.82) is 0 Å². The summed E-state index contributed by atoms with van der Waals surface area (Å²) in [5.41, 5.74) is -0.967. The van der Waals surface area contributed by atoms with E-state index in [-0.39, 0.29) is 5.91 Å². The van der Waals surface area contributed by atoms with E-state index in [0.717, 1.165) is 15.9 Å². The fourth-order valence-corrected chi connectivity index (χ4v) is 3.17. The van der Waals surface area contributed by atoms with Gasteiger partial charge in [-0.25, -0.2) is 0 Å². The van der Waals surface area contributed by atoms with Crippen molar-refractivity contribution in [2.45, 2.75) is 19.3 Å². The lowest BCUT2D eigenvalue weighted by Crippen LogP contribution is -2.48. The second kappa shape index (κ2) is 4.78. The first-order valence-corrected chi connectivity index (χ1v) is 6.90. The Kier molecular flexibility index (Phi) is 3.53. The zero-order valence-corrected chi connectivity index (χ0v) is 11.7. The van der Waals surface area contributed by atoms with Crippen LogP contribution in [0.1, 0.15) is 19.3 Å². The number of methoxy groups -OCH3 is 1. The largest absolute Gasteiger partial charge is 0.468 e. The number of nitrogens with one attached hydrogen (secondary N) is 1. The molecule has 1 aromatic rings. The summed E-state index contributed by atoms with van der Waals surface area (Å²) < 4.78 is 5.63. The molecular formula is C11H12BrNO3S. The Bertz CT molecular complexity index is 453. The van der Waals surface area contributed by atoms with Crippen LogP contribution in [0.5, 0.6) is 0 Å².